The third-order valence-electron chi connectivity index (χ3n) is 3.79. The fourth-order valence-electron chi connectivity index (χ4n) is 2.61. The molecular weight excluding hydrogens is 400 g/mol. The number of carbonyl (C=O) groups is 3. The van der Waals surface area contributed by atoms with Crippen LogP contribution in [0.1, 0.15) is 19.6 Å². The van der Waals surface area contributed by atoms with Gasteiger partial charge in [0.1, 0.15) is 18.1 Å². The summed E-state index contributed by atoms with van der Waals surface area (Å²) in [6, 6.07) is 9.18. The molecule has 1 aliphatic rings. The topological polar surface area (TPSA) is 120 Å². The Hall–Kier alpha value is -3.40. The van der Waals surface area contributed by atoms with Crippen LogP contribution in [0.3, 0.4) is 0 Å². The van der Waals surface area contributed by atoms with Gasteiger partial charge in [-0.25, -0.2) is 0 Å². The van der Waals surface area contributed by atoms with E-state index in [2.05, 4.69) is 0 Å². The molecule has 10 heteroatoms. The number of furan rings is 1. The van der Waals surface area contributed by atoms with Crippen LogP contribution in [0.2, 0.25) is 0 Å². The Morgan fingerprint density at radius 2 is 2.00 bits per heavy atom. The molecule has 2 amide bonds. The van der Waals surface area contributed by atoms with Crippen LogP contribution in [0, 0.1) is 10.1 Å². The fraction of sp³-hybridized carbons (Fsp3) is 0.211. The molecule has 0 spiro atoms. The minimum atomic E-state index is -0.680. The van der Waals surface area contributed by atoms with Crippen LogP contribution in [0.25, 0.3) is 17.4 Å². The lowest BCUT2D eigenvalue weighted by Crippen LogP contribution is -2.35. The van der Waals surface area contributed by atoms with Crippen molar-refractivity contribution in [2.24, 2.45) is 0 Å². The predicted octanol–water partition coefficient (Wildman–Crippen LogP) is 3.84. The summed E-state index contributed by atoms with van der Waals surface area (Å²) in [4.78, 5) is 47.8. The van der Waals surface area contributed by atoms with Gasteiger partial charge in [-0.2, -0.15) is 0 Å². The van der Waals surface area contributed by atoms with Crippen molar-refractivity contribution in [2.45, 2.75) is 20.0 Å². The van der Waals surface area contributed by atoms with Crippen molar-refractivity contribution in [1.29, 1.82) is 0 Å². The van der Waals surface area contributed by atoms with E-state index < -0.39 is 28.6 Å². The van der Waals surface area contributed by atoms with E-state index in [1.165, 1.54) is 18.2 Å². The molecule has 1 fully saturated rings. The highest BCUT2D eigenvalue weighted by molar-refractivity contribution is 8.18. The summed E-state index contributed by atoms with van der Waals surface area (Å²) in [6.45, 7) is 2.86. The first-order valence-electron chi connectivity index (χ1n) is 8.54. The quantitative estimate of drug-likeness (QED) is 0.301. The molecule has 9 nitrogen and oxygen atoms in total. The van der Waals surface area contributed by atoms with Crippen molar-refractivity contribution in [3.05, 3.63) is 57.2 Å². The summed E-state index contributed by atoms with van der Waals surface area (Å²) < 4.78 is 10.6. The number of hydrogen-bond acceptors (Lipinski definition) is 8. The smallest absolute Gasteiger partial charge is 0.326 e. The van der Waals surface area contributed by atoms with Crippen molar-refractivity contribution in [3.8, 4) is 11.3 Å². The summed E-state index contributed by atoms with van der Waals surface area (Å²) >= 11 is 0.673. The van der Waals surface area contributed by atoms with Crippen LogP contribution >= 0.6 is 11.8 Å². The Morgan fingerprint density at radius 1 is 1.28 bits per heavy atom. The number of rotatable bonds is 6. The summed E-state index contributed by atoms with van der Waals surface area (Å²) in [6.07, 6.45) is 0.998. The molecule has 0 bridgehead atoms. The second-order valence-electron chi connectivity index (χ2n) is 6.28. The summed E-state index contributed by atoms with van der Waals surface area (Å²) in [5.41, 5.74) is 0.180. The zero-order valence-corrected chi connectivity index (χ0v) is 16.3. The van der Waals surface area contributed by atoms with E-state index in [0.717, 1.165) is 4.90 Å². The maximum absolute atomic E-state index is 12.4. The Morgan fingerprint density at radius 3 is 2.69 bits per heavy atom. The Labute approximate surface area is 169 Å². The average molecular weight is 416 g/mol. The SMILES string of the molecule is CC(C)OC(=O)CN1C(=O)S/C(=C\c2ccc(-c3ccccc3[N+](=O)[O-])o2)C1=O. The molecule has 0 unspecified atom stereocenters. The minimum Gasteiger partial charge on any atom is -0.462 e. The molecule has 2 aromatic rings. The van der Waals surface area contributed by atoms with Gasteiger partial charge in [-0.05, 0) is 43.8 Å². The van der Waals surface area contributed by atoms with Gasteiger partial charge in [-0.3, -0.25) is 29.4 Å². The van der Waals surface area contributed by atoms with Gasteiger partial charge in [0.05, 0.1) is 21.5 Å². The highest BCUT2D eigenvalue weighted by Crippen LogP contribution is 2.35. The zero-order valence-electron chi connectivity index (χ0n) is 15.5. The molecular formula is C19H16N2O7S. The monoisotopic (exact) mass is 416 g/mol. The van der Waals surface area contributed by atoms with Crippen LogP contribution in [0.4, 0.5) is 10.5 Å². The molecule has 3 rings (SSSR count). The van der Waals surface area contributed by atoms with Crippen molar-refractivity contribution in [2.75, 3.05) is 6.54 Å². The van der Waals surface area contributed by atoms with E-state index in [-0.39, 0.29) is 28.2 Å². The average Bonchev–Trinajstić information content (AvgIpc) is 3.21. The standard InChI is InChI=1S/C19H16N2O7S/c1-11(2)27-17(22)10-20-18(23)16(29-19(20)24)9-12-7-8-15(28-12)13-5-3-4-6-14(13)21(25)26/h3-9,11H,10H2,1-2H3/b16-9-. The van der Waals surface area contributed by atoms with Gasteiger partial charge in [0, 0.05) is 12.1 Å². The first kappa shape index (κ1) is 20.3. The lowest BCUT2D eigenvalue weighted by Gasteiger charge is -2.13. The Bertz CT molecular complexity index is 1030. The number of nitro groups is 1. The largest absolute Gasteiger partial charge is 0.462 e. The highest BCUT2D eigenvalue weighted by atomic mass is 32.2. The van der Waals surface area contributed by atoms with Gasteiger partial charge >= 0.3 is 5.97 Å². The summed E-state index contributed by atoms with van der Waals surface area (Å²) in [7, 11) is 0. The van der Waals surface area contributed by atoms with Gasteiger partial charge in [-0.1, -0.05) is 12.1 Å². The molecule has 0 saturated carbocycles. The molecule has 1 aliphatic heterocycles. The summed E-state index contributed by atoms with van der Waals surface area (Å²) in [5.74, 6) is -0.818. The van der Waals surface area contributed by atoms with Gasteiger partial charge in [-0.15, -0.1) is 0 Å². The molecule has 1 saturated heterocycles. The van der Waals surface area contributed by atoms with E-state index >= 15 is 0 Å². The molecule has 0 radical (unpaired) electrons. The van der Waals surface area contributed by atoms with Gasteiger partial charge < -0.3 is 9.15 Å². The number of amides is 2. The Balaban J connectivity index is 1.80. The highest BCUT2D eigenvalue weighted by Gasteiger charge is 2.37. The van der Waals surface area contributed by atoms with Crippen molar-refractivity contribution in [3.63, 3.8) is 0 Å². The number of thioether (sulfide) groups is 1. The van der Waals surface area contributed by atoms with Crippen molar-refractivity contribution < 1.29 is 28.5 Å². The number of nitrogens with zero attached hydrogens (tertiary/aromatic N) is 2. The molecule has 1 aromatic carbocycles. The normalized spacial score (nSPS) is 15.4. The predicted molar refractivity (Wildman–Crippen MR) is 105 cm³/mol. The maximum Gasteiger partial charge on any atom is 0.326 e. The van der Waals surface area contributed by atoms with Crippen LogP contribution < -0.4 is 0 Å². The number of imide groups is 1. The Kier molecular flexibility index (Phi) is 5.83. The van der Waals surface area contributed by atoms with Crippen LogP contribution in [-0.4, -0.2) is 39.6 Å². The lowest BCUT2D eigenvalue weighted by atomic mass is 10.1. The van der Waals surface area contributed by atoms with Crippen LogP contribution in [0.5, 0.6) is 0 Å². The second-order valence-corrected chi connectivity index (χ2v) is 7.28. The van der Waals surface area contributed by atoms with E-state index in [0.29, 0.717) is 17.3 Å². The van der Waals surface area contributed by atoms with E-state index in [1.54, 1.807) is 38.1 Å². The molecule has 0 aliphatic carbocycles. The third kappa shape index (κ3) is 4.54. The number of nitro benzene ring substituents is 1. The summed E-state index contributed by atoms with van der Waals surface area (Å²) in [5, 5.41) is 10.6. The van der Waals surface area contributed by atoms with Gasteiger partial charge in [0.2, 0.25) is 0 Å². The molecule has 1 aromatic heterocycles. The number of benzene rings is 1. The molecule has 2 heterocycles. The molecule has 0 atom stereocenters. The van der Waals surface area contributed by atoms with Gasteiger partial charge in [0.15, 0.2) is 0 Å². The van der Waals surface area contributed by atoms with E-state index in [9.17, 15) is 24.5 Å². The minimum absolute atomic E-state index is 0.0795. The van der Waals surface area contributed by atoms with E-state index in [4.69, 9.17) is 9.15 Å². The van der Waals surface area contributed by atoms with Crippen molar-refractivity contribution in [1.82, 2.24) is 4.90 Å². The van der Waals surface area contributed by atoms with Crippen LogP contribution in [-0.2, 0) is 14.3 Å². The molecule has 0 N–H and O–H groups in total. The number of carbonyl (C=O) groups excluding carboxylic acids is 3. The van der Waals surface area contributed by atoms with E-state index in [1.807, 2.05) is 0 Å². The van der Waals surface area contributed by atoms with Crippen molar-refractivity contribution >= 4 is 40.6 Å². The number of hydrogen-bond donors (Lipinski definition) is 0. The third-order valence-corrected chi connectivity index (χ3v) is 4.70. The first-order valence-corrected chi connectivity index (χ1v) is 9.36. The lowest BCUT2D eigenvalue weighted by molar-refractivity contribution is -0.384. The molecule has 150 valence electrons. The second kappa shape index (κ2) is 8.31. The van der Waals surface area contributed by atoms with Gasteiger partial charge in [0.25, 0.3) is 16.8 Å². The number of ether oxygens (including phenoxy) is 1. The number of para-hydroxylation sites is 1. The number of esters is 1. The zero-order chi connectivity index (χ0) is 21.1. The molecule has 29 heavy (non-hydrogen) atoms. The fourth-order valence-corrected chi connectivity index (χ4v) is 3.43. The first-order chi connectivity index (χ1) is 13.8. The maximum atomic E-state index is 12.4. The van der Waals surface area contributed by atoms with Crippen LogP contribution in [0.15, 0.2) is 45.7 Å².